The zero-order chi connectivity index (χ0) is 14.3. The minimum Gasteiger partial charge on any atom is -0.493 e. The summed E-state index contributed by atoms with van der Waals surface area (Å²) in [5.41, 5.74) is 1.20. The van der Waals surface area contributed by atoms with Crippen molar-refractivity contribution in [3.8, 4) is 5.75 Å². The van der Waals surface area contributed by atoms with Crippen LogP contribution in [0.5, 0.6) is 5.75 Å². The maximum Gasteiger partial charge on any atom is 0.161 e. The molecule has 19 heavy (non-hydrogen) atoms. The lowest BCUT2D eigenvalue weighted by Crippen LogP contribution is -2.30. The van der Waals surface area contributed by atoms with Gasteiger partial charge in [0.25, 0.3) is 0 Å². The van der Waals surface area contributed by atoms with Gasteiger partial charge in [-0.15, -0.1) is 0 Å². The summed E-state index contributed by atoms with van der Waals surface area (Å²) in [5.74, 6) is 1.47. The van der Waals surface area contributed by atoms with Crippen molar-refractivity contribution >= 4 is 0 Å². The number of ether oxygens (including phenoxy) is 1. The fraction of sp³-hybridized carbons (Fsp3) is 0.800. The van der Waals surface area contributed by atoms with E-state index in [0.717, 1.165) is 38.1 Å². The van der Waals surface area contributed by atoms with Gasteiger partial charge in [-0.25, -0.2) is 0 Å². The molecule has 1 heterocycles. The van der Waals surface area contributed by atoms with E-state index in [2.05, 4.69) is 42.8 Å². The summed E-state index contributed by atoms with van der Waals surface area (Å²) in [4.78, 5) is 0. The zero-order valence-corrected chi connectivity index (χ0v) is 13.1. The number of nitrogens with one attached hydrogen (secondary N) is 1. The highest BCUT2D eigenvalue weighted by molar-refractivity contribution is 5.29. The summed E-state index contributed by atoms with van der Waals surface area (Å²) < 4.78 is 7.60. The number of aryl methyl sites for hydroxylation is 1. The molecule has 110 valence electrons. The van der Waals surface area contributed by atoms with Crippen molar-refractivity contribution in [1.82, 2.24) is 15.1 Å². The Morgan fingerprint density at radius 2 is 2.05 bits per heavy atom. The first kappa shape index (κ1) is 16.0. The van der Waals surface area contributed by atoms with Gasteiger partial charge in [0.15, 0.2) is 5.75 Å². The van der Waals surface area contributed by atoms with Crippen LogP contribution in [0.25, 0.3) is 0 Å². The van der Waals surface area contributed by atoms with Crippen molar-refractivity contribution in [3.05, 3.63) is 11.9 Å². The monoisotopic (exact) mass is 267 g/mol. The van der Waals surface area contributed by atoms with Crippen LogP contribution < -0.4 is 10.1 Å². The van der Waals surface area contributed by atoms with Gasteiger partial charge < -0.3 is 10.1 Å². The smallest absolute Gasteiger partial charge is 0.161 e. The number of aromatic nitrogens is 2. The Balaban J connectivity index is 3.06. The molecule has 0 saturated heterocycles. The Bertz CT molecular complexity index is 362. The number of hydrogen-bond donors (Lipinski definition) is 1. The molecule has 0 fully saturated rings. The van der Waals surface area contributed by atoms with Gasteiger partial charge in [0.1, 0.15) is 0 Å². The summed E-state index contributed by atoms with van der Waals surface area (Å²) in [7, 11) is 1.73. The van der Waals surface area contributed by atoms with Crippen LogP contribution in [0.15, 0.2) is 6.20 Å². The van der Waals surface area contributed by atoms with Crippen LogP contribution in [0.3, 0.4) is 0 Å². The van der Waals surface area contributed by atoms with Crippen molar-refractivity contribution in [2.24, 2.45) is 5.92 Å². The predicted octanol–water partition coefficient (Wildman–Crippen LogP) is 3.39. The number of nitrogens with zero attached hydrogens (tertiary/aromatic N) is 2. The van der Waals surface area contributed by atoms with Crippen molar-refractivity contribution in [1.29, 1.82) is 0 Å². The van der Waals surface area contributed by atoms with Crippen LogP contribution in [0, 0.1) is 5.92 Å². The summed E-state index contributed by atoms with van der Waals surface area (Å²) in [6, 6.07) is 0.314. The number of rotatable bonds is 9. The minimum absolute atomic E-state index is 0.314. The molecule has 0 saturated carbocycles. The van der Waals surface area contributed by atoms with E-state index >= 15 is 0 Å². The second-order valence-corrected chi connectivity index (χ2v) is 5.14. The molecule has 4 nitrogen and oxygen atoms in total. The Kier molecular flexibility index (Phi) is 6.92. The zero-order valence-electron chi connectivity index (χ0n) is 13.1. The Morgan fingerprint density at radius 1 is 1.32 bits per heavy atom. The Hall–Kier alpha value is -1.03. The van der Waals surface area contributed by atoms with Gasteiger partial charge in [-0.3, -0.25) is 4.68 Å². The van der Waals surface area contributed by atoms with Crippen LogP contribution >= 0.6 is 0 Å². The molecule has 1 aromatic rings. The molecule has 1 N–H and O–H groups in total. The fourth-order valence-electron chi connectivity index (χ4n) is 2.34. The summed E-state index contributed by atoms with van der Waals surface area (Å²) in [6.07, 6.45) is 5.20. The van der Waals surface area contributed by atoms with E-state index in [1.54, 1.807) is 7.11 Å². The van der Waals surface area contributed by atoms with E-state index in [1.165, 1.54) is 5.69 Å². The molecule has 0 radical (unpaired) electrons. The van der Waals surface area contributed by atoms with Gasteiger partial charge in [-0.1, -0.05) is 34.1 Å². The van der Waals surface area contributed by atoms with Crippen LogP contribution in [-0.2, 0) is 6.54 Å². The largest absolute Gasteiger partial charge is 0.493 e. The molecule has 1 rings (SSSR count). The highest BCUT2D eigenvalue weighted by Crippen LogP contribution is 2.31. The van der Waals surface area contributed by atoms with E-state index in [4.69, 9.17) is 4.74 Å². The predicted molar refractivity (Wildman–Crippen MR) is 79.6 cm³/mol. The van der Waals surface area contributed by atoms with Crippen LogP contribution in [-0.4, -0.2) is 23.4 Å². The third-order valence-electron chi connectivity index (χ3n) is 3.62. The number of methoxy groups -OCH3 is 1. The van der Waals surface area contributed by atoms with Gasteiger partial charge in [-0.2, -0.15) is 5.10 Å². The molecular weight excluding hydrogens is 238 g/mol. The standard InChI is InChI=1S/C15H29N3O/c1-6-9-16-14(12(4)8-3)15-13(19-5)11-17-18(15)10-7-2/h11-12,14,16H,6-10H2,1-5H3. The molecule has 0 aliphatic carbocycles. The van der Waals surface area contributed by atoms with Crippen LogP contribution in [0.1, 0.15) is 58.7 Å². The van der Waals surface area contributed by atoms with E-state index < -0.39 is 0 Å². The summed E-state index contributed by atoms with van der Waals surface area (Å²) in [5, 5.41) is 8.13. The minimum atomic E-state index is 0.314. The second kappa shape index (κ2) is 8.20. The average molecular weight is 267 g/mol. The molecule has 0 aliphatic rings. The lowest BCUT2D eigenvalue weighted by Gasteiger charge is -2.26. The fourth-order valence-corrected chi connectivity index (χ4v) is 2.34. The van der Waals surface area contributed by atoms with Gasteiger partial charge in [0.2, 0.25) is 0 Å². The molecule has 4 heteroatoms. The first-order valence-electron chi connectivity index (χ1n) is 7.52. The van der Waals surface area contributed by atoms with E-state index in [-0.39, 0.29) is 0 Å². The molecule has 0 amide bonds. The van der Waals surface area contributed by atoms with Gasteiger partial charge >= 0.3 is 0 Å². The Morgan fingerprint density at radius 3 is 2.58 bits per heavy atom. The third kappa shape index (κ3) is 3.96. The Labute approximate surface area is 117 Å². The molecule has 0 bridgehead atoms. The number of hydrogen-bond acceptors (Lipinski definition) is 3. The van der Waals surface area contributed by atoms with Crippen molar-refractivity contribution in [2.45, 2.75) is 59.5 Å². The van der Waals surface area contributed by atoms with Crippen LogP contribution in [0.4, 0.5) is 0 Å². The van der Waals surface area contributed by atoms with Gasteiger partial charge in [0, 0.05) is 6.54 Å². The first-order chi connectivity index (χ1) is 9.19. The van der Waals surface area contributed by atoms with E-state index in [9.17, 15) is 0 Å². The average Bonchev–Trinajstić information content (AvgIpc) is 2.82. The van der Waals surface area contributed by atoms with E-state index in [0.29, 0.717) is 12.0 Å². The van der Waals surface area contributed by atoms with Crippen LogP contribution in [0.2, 0.25) is 0 Å². The van der Waals surface area contributed by atoms with Crippen molar-refractivity contribution in [3.63, 3.8) is 0 Å². The normalized spacial score (nSPS) is 14.4. The molecule has 0 spiro atoms. The lowest BCUT2D eigenvalue weighted by atomic mass is 9.95. The van der Waals surface area contributed by atoms with Gasteiger partial charge in [-0.05, 0) is 25.3 Å². The summed E-state index contributed by atoms with van der Waals surface area (Å²) >= 11 is 0. The van der Waals surface area contributed by atoms with E-state index in [1.807, 2.05) is 6.20 Å². The van der Waals surface area contributed by atoms with Crippen molar-refractivity contribution in [2.75, 3.05) is 13.7 Å². The maximum atomic E-state index is 5.50. The molecule has 2 atom stereocenters. The first-order valence-corrected chi connectivity index (χ1v) is 7.52. The summed E-state index contributed by atoms with van der Waals surface area (Å²) in [6.45, 7) is 10.9. The van der Waals surface area contributed by atoms with Crippen molar-refractivity contribution < 1.29 is 4.74 Å². The third-order valence-corrected chi connectivity index (χ3v) is 3.62. The SMILES string of the molecule is CCCNC(c1c(OC)cnn1CCC)C(C)CC. The highest BCUT2D eigenvalue weighted by atomic mass is 16.5. The lowest BCUT2D eigenvalue weighted by molar-refractivity contribution is 0.332. The maximum absolute atomic E-state index is 5.50. The molecule has 0 aliphatic heterocycles. The van der Waals surface area contributed by atoms with Gasteiger partial charge in [0.05, 0.1) is 25.0 Å². The topological polar surface area (TPSA) is 39.1 Å². The molecule has 0 aromatic carbocycles. The second-order valence-electron chi connectivity index (χ2n) is 5.14. The molecule has 1 aromatic heterocycles. The highest BCUT2D eigenvalue weighted by Gasteiger charge is 2.25. The molecule has 2 unspecified atom stereocenters. The molecular formula is C15H29N3O. The quantitative estimate of drug-likeness (QED) is 0.745.